The van der Waals surface area contributed by atoms with Crippen LogP contribution in [0.25, 0.3) is 0 Å². The number of hydrogen-bond donors (Lipinski definition) is 1. The topological polar surface area (TPSA) is 20.2 Å². The first-order chi connectivity index (χ1) is 5.82. The van der Waals surface area contributed by atoms with Crippen molar-refractivity contribution in [3.8, 4) is 5.75 Å². The SMILES string of the molecule is Oc1cc(Br)c(C(F)(F)F)cc1Br. The second-order valence-electron chi connectivity index (χ2n) is 2.28. The molecule has 13 heavy (non-hydrogen) atoms. The van der Waals surface area contributed by atoms with Gasteiger partial charge in [0.15, 0.2) is 0 Å². The van der Waals surface area contributed by atoms with E-state index < -0.39 is 11.7 Å². The lowest BCUT2D eigenvalue weighted by Crippen LogP contribution is -2.05. The average Bonchev–Trinajstić information content (AvgIpc) is 1.94. The highest BCUT2D eigenvalue weighted by molar-refractivity contribution is 9.11. The van der Waals surface area contributed by atoms with Gasteiger partial charge in [-0.2, -0.15) is 13.2 Å². The van der Waals surface area contributed by atoms with E-state index in [1.165, 1.54) is 0 Å². The fourth-order valence-corrected chi connectivity index (χ4v) is 1.65. The molecule has 72 valence electrons. The van der Waals surface area contributed by atoms with Crippen molar-refractivity contribution in [3.05, 3.63) is 26.6 Å². The molecule has 6 heteroatoms. The number of halogens is 5. The maximum atomic E-state index is 12.2. The molecular formula is C7H3Br2F3O. The third-order valence-electron chi connectivity index (χ3n) is 1.34. The molecule has 0 spiro atoms. The Kier molecular flexibility index (Phi) is 2.91. The number of phenols is 1. The summed E-state index contributed by atoms with van der Waals surface area (Å²) in [4.78, 5) is 0. The van der Waals surface area contributed by atoms with Crippen molar-refractivity contribution in [2.45, 2.75) is 6.18 Å². The second kappa shape index (κ2) is 3.49. The molecule has 0 saturated heterocycles. The monoisotopic (exact) mass is 318 g/mol. The van der Waals surface area contributed by atoms with E-state index in [2.05, 4.69) is 31.9 Å². The van der Waals surface area contributed by atoms with E-state index in [1.54, 1.807) is 0 Å². The molecule has 0 unspecified atom stereocenters. The molecule has 1 nitrogen and oxygen atoms in total. The number of alkyl halides is 3. The van der Waals surface area contributed by atoms with Crippen molar-refractivity contribution in [1.82, 2.24) is 0 Å². The van der Waals surface area contributed by atoms with Crippen LogP contribution in [0.2, 0.25) is 0 Å². The molecule has 0 radical (unpaired) electrons. The third-order valence-corrected chi connectivity index (χ3v) is 2.63. The summed E-state index contributed by atoms with van der Waals surface area (Å²) in [6.07, 6.45) is -4.42. The lowest BCUT2D eigenvalue weighted by atomic mass is 10.2. The van der Waals surface area contributed by atoms with Gasteiger partial charge in [0.25, 0.3) is 0 Å². The quantitative estimate of drug-likeness (QED) is 0.768. The van der Waals surface area contributed by atoms with E-state index in [9.17, 15) is 13.2 Å². The van der Waals surface area contributed by atoms with Crippen LogP contribution in [0.1, 0.15) is 5.56 Å². The second-order valence-corrected chi connectivity index (χ2v) is 3.99. The van der Waals surface area contributed by atoms with Crippen molar-refractivity contribution < 1.29 is 18.3 Å². The van der Waals surface area contributed by atoms with Crippen LogP contribution in [0.15, 0.2) is 21.1 Å². The summed E-state index contributed by atoms with van der Waals surface area (Å²) in [6, 6.07) is 1.81. The Hall–Kier alpha value is -0.230. The van der Waals surface area contributed by atoms with Gasteiger partial charge in [-0.1, -0.05) is 15.9 Å². The Morgan fingerprint density at radius 3 is 2.08 bits per heavy atom. The molecule has 0 aliphatic rings. The summed E-state index contributed by atoms with van der Waals surface area (Å²) in [6.45, 7) is 0. The number of hydrogen-bond acceptors (Lipinski definition) is 1. The van der Waals surface area contributed by atoms with Gasteiger partial charge >= 0.3 is 6.18 Å². The summed E-state index contributed by atoms with van der Waals surface area (Å²) in [7, 11) is 0. The van der Waals surface area contributed by atoms with E-state index >= 15 is 0 Å². The van der Waals surface area contributed by atoms with Gasteiger partial charge in [-0.05, 0) is 28.1 Å². The molecule has 1 aromatic rings. The average molecular weight is 320 g/mol. The fraction of sp³-hybridized carbons (Fsp3) is 0.143. The van der Waals surface area contributed by atoms with Gasteiger partial charge in [-0.15, -0.1) is 0 Å². The zero-order valence-corrected chi connectivity index (χ0v) is 9.16. The van der Waals surface area contributed by atoms with Crippen LogP contribution < -0.4 is 0 Å². The Balaban J connectivity index is 3.32. The van der Waals surface area contributed by atoms with Crippen molar-refractivity contribution in [1.29, 1.82) is 0 Å². The molecule has 0 fully saturated rings. The van der Waals surface area contributed by atoms with Crippen molar-refractivity contribution in [2.24, 2.45) is 0 Å². The Morgan fingerprint density at radius 1 is 1.08 bits per heavy atom. The predicted octanol–water partition coefficient (Wildman–Crippen LogP) is 3.94. The summed E-state index contributed by atoms with van der Waals surface area (Å²) in [5, 5.41) is 9.05. The lowest BCUT2D eigenvalue weighted by molar-refractivity contribution is -0.138. The lowest BCUT2D eigenvalue weighted by Gasteiger charge is -2.09. The van der Waals surface area contributed by atoms with Gasteiger partial charge in [0.05, 0.1) is 10.0 Å². The zero-order valence-electron chi connectivity index (χ0n) is 5.99. The van der Waals surface area contributed by atoms with Gasteiger partial charge in [-0.25, -0.2) is 0 Å². The number of benzene rings is 1. The van der Waals surface area contributed by atoms with Crippen molar-refractivity contribution in [3.63, 3.8) is 0 Å². The van der Waals surface area contributed by atoms with Gasteiger partial charge in [-0.3, -0.25) is 0 Å². The van der Waals surface area contributed by atoms with Gasteiger partial charge in [0.2, 0.25) is 0 Å². The summed E-state index contributed by atoms with van der Waals surface area (Å²) >= 11 is 5.52. The minimum Gasteiger partial charge on any atom is -0.507 e. The third kappa shape index (κ3) is 2.37. The molecule has 0 aliphatic carbocycles. The van der Waals surface area contributed by atoms with E-state index in [1.807, 2.05) is 0 Å². The van der Waals surface area contributed by atoms with Crippen LogP contribution in [0.5, 0.6) is 5.75 Å². The number of phenolic OH excluding ortho intramolecular Hbond substituents is 1. The normalized spacial score (nSPS) is 11.8. The molecule has 0 aliphatic heterocycles. The molecule has 0 amide bonds. The van der Waals surface area contributed by atoms with Gasteiger partial charge < -0.3 is 5.11 Å². The first-order valence-electron chi connectivity index (χ1n) is 3.07. The highest BCUT2D eigenvalue weighted by atomic mass is 79.9. The smallest absolute Gasteiger partial charge is 0.417 e. The molecule has 1 aromatic carbocycles. The molecule has 0 saturated carbocycles. The predicted molar refractivity (Wildman–Crippen MR) is 48.5 cm³/mol. The van der Waals surface area contributed by atoms with Gasteiger partial charge in [0, 0.05) is 4.47 Å². The van der Waals surface area contributed by atoms with Crippen LogP contribution >= 0.6 is 31.9 Å². The van der Waals surface area contributed by atoms with Crippen LogP contribution in [0.4, 0.5) is 13.2 Å². The Morgan fingerprint density at radius 2 is 1.62 bits per heavy atom. The first kappa shape index (κ1) is 10.8. The van der Waals surface area contributed by atoms with Crippen LogP contribution in [0.3, 0.4) is 0 Å². The fourth-order valence-electron chi connectivity index (χ4n) is 0.754. The van der Waals surface area contributed by atoms with Crippen molar-refractivity contribution >= 4 is 31.9 Å². The van der Waals surface area contributed by atoms with Gasteiger partial charge in [0.1, 0.15) is 5.75 Å². The van der Waals surface area contributed by atoms with Crippen LogP contribution in [-0.4, -0.2) is 5.11 Å². The molecular weight excluding hydrogens is 317 g/mol. The minimum atomic E-state index is -4.42. The Labute approximate surface area is 88.8 Å². The molecule has 0 atom stereocenters. The summed E-state index contributed by atoms with van der Waals surface area (Å²) in [5.74, 6) is -0.236. The van der Waals surface area contributed by atoms with E-state index in [0.29, 0.717) is 0 Å². The Bertz CT molecular complexity index is 335. The number of aromatic hydroxyl groups is 1. The molecule has 1 N–H and O–H groups in total. The van der Waals surface area contributed by atoms with E-state index in [4.69, 9.17) is 5.11 Å². The summed E-state index contributed by atoms with van der Waals surface area (Å²) < 4.78 is 36.5. The maximum Gasteiger partial charge on any atom is 0.417 e. The highest BCUT2D eigenvalue weighted by Crippen LogP contribution is 2.39. The van der Waals surface area contributed by atoms with E-state index in [0.717, 1.165) is 12.1 Å². The zero-order chi connectivity index (χ0) is 10.2. The molecule has 0 heterocycles. The highest BCUT2D eigenvalue weighted by Gasteiger charge is 2.33. The molecule has 1 rings (SSSR count). The van der Waals surface area contributed by atoms with Crippen LogP contribution in [-0.2, 0) is 6.18 Å². The number of rotatable bonds is 0. The first-order valence-corrected chi connectivity index (χ1v) is 4.66. The van der Waals surface area contributed by atoms with Crippen LogP contribution in [0, 0.1) is 0 Å². The molecule has 0 aromatic heterocycles. The molecule has 0 bridgehead atoms. The standard InChI is InChI=1S/C7H3Br2F3O/c8-4-2-6(13)5(9)1-3(4)7(10,11)12/h1-2,13H. The largest absolute Gasteiger partial charge is 0.507 e. The maximum absolute atomic E-state index is 12.2. The van der Waals surface area contributed by atoms with E-state index in [-0.39, 0.29) is 14.7 Å². The van der Waals surface area contributed by atoms with Crippen molar-refractivity contribution in [2.75, 3.05) is 0 Å². The minimum absolute atomic E-state index is 0.0167. The summed E-state index contributed by atoms with van der Waals surface area (Å²) in [5.41, 5.74) is -0.822.